The fourth-order valence-corrected chi connectivity index (χ4v) is 6.85. The van der Waals surface area contributed by atoms with Crippen molar-refractivity contribution in [2.24, 2.45) is 0 Å². The van der Waals surface area contributed by atoms with Gasteiger partial charge in [0.1, 0.15) is 11.6 Å². The highest BCUT2D eigenvalue weighted by molar-refractivity contribution is 7.92. The predicted octanol–water partition coefficient (Wildman–Crippen LogP) is 6.79. The molecule has 2 aromatic heterocycles. The first-order chi connectivity index (χ1) is 20.5. The molecule has 0 bridgehead atoms. The molecule has 1 saturated carbocycles. The van der Waals surface area contributed by atoms with Crippen LogP contribution in [0.4, 0.5) is 14.5 Å². The Morgan fingerprint density at radius 3 is 2.35 bits per heavy atom. The van der Waals surface area contributed by atoms with Gasteiger partial charge in [0.15, 0.2) is 17.2 Å². The van der Waals surface area contributed by atoms with Crippen molar-refractivity contribution in [3.63, 3.8) is 0 Å². The SMILES string of the molecule is CCS(=O)(=O)Nc1ccc(Oc2ccc(F)cc2F)c(-c2cc(C3CC3)nc3c2ccn3S(=O)(=O)Cc2ccccc2)c1. The molecule has 5 aromatic rings. The minimum atomic E-state index is -3.88. The lowest BCUT2D eigenvalue weighted by Crippen LogP contribution is -2.15. The zero-order valence-electron chi connectivity index (χ0n) is 23.0. The maximum Gasteiger partial charge on any atom is 0.244 e. The summed E-state index contributed by atoms with van der Waals surface area (Å²) in [6.07, 6.45) is 3.21. The summed E-state index contributed by atoms with van der Waals surface area (Å²) in [4.78, 5) is 4.75. The summed E-state index contributed by atoms with van der Waals surface area (Å²) in [6.45, 7) is 1.50. The Bertz CT molecular complexity index is 2060. The van der Waals surface area contributed by atoms with E-state index in [0.29, 0.717) is 33.8 Å². The molecule has 12 heteroatoms. The summed E-state index contributed by atoms with van der Waals surface area (Å²) >= 11 is 0. The molecule has 1 N–H and O–H groups in total. The molecule has 0 unspecified atom stereocenters. The third-order valence-corrected chi connectivity index (χ3v) is 10.1. The number of anilines is 1. The summed E-state index contributed by atoms with van der Waals surface area (Å²) in [6, 6.07) is 19.7. The van der Waals surface area contributed by atoms with Gasteiger partial charge in [-0.25, -0.2) is 34.6 Å². The van der Waals surface area contributed by atoms with Crippen LogP contribution in [0.2, 0.25) is 0 Å². The third-order valence-electron chi connectivity index (χ3n) is 7.17. The van der Waals surface area contributed by atoms with Crippen LogP contribution in [0.1, 0.15) is 36.9 Å². The van der Waals surface area contributed by atoms with Gasteiger partial charge in [-0.15, -0.1) is 0 Å². The van der Waals surface area contributed by atoms with Gasteiger partial charge in [0.25, 0.3) is 0 Å². The molecule has 2 heterocycles. The summed E-state index contributed by atoms with van der Waals surface area (Å²) in [5, 5.41) is 0.473. The highest BCUT2D eigenvalue weighted by Crippen LogP contribution is 2.45. The topological polar surface area (TPSA) is 107 Å². The number of pyridine rings is 1. The summed E-state index contributed by atoms with van der Waals surface area (Å²) in [7, 11) is -7.52. The lowest BCUT2D eigenvalue weighted by atomic mass is 10.00. The highest BCUT2D eigenvalue weighted by atomic mass is 32.2. The van der Waals surface area contributed by atoms with E-state index < -0.39 is 31.7 Å². The highest BCUT2D eigenvalue weighted by Gasteiger charge is 2.29. The van der Waals surface area contributed by atoms with Crippen LogP contribution in [-0.4, -0.2) is 31.5 Å². The number of fused-ring (bicyclic) bond motifs is 1. The van der Waals surface area contributed by atoms with E-state index in [1.807, 2.05) is 12.1 Å². The van der Waals surface area contributed by atoms with Gasteiger partial charge in [-0.1, -0.05) is 30.3 Å². The van der Waals surface area contributed by atoms with E-state index in [1.54, 1.807) is 36.4 Å². The fraction of sp³-hybridized carbons (Fsp3) is 0.194. The molecular formula is C31H27F2N3O5S2. The van der Waals surface area contributed by atoms with Crippen LogP contribution in [0.25, 0.3) is 22.2 Å². The second-order valence-corrected chi connectivity index (χ2v) is 14.2. The average molecular weight is 624 g/mol. The van der Waals surface area contributed by atoms with Crippen molar-refractivity contribution in [3.8, 4) is 22.6 Å². The van der Waals surface area contributed by atoms with Crippen LogP contribution in [0.3, 0.4) is 0 Å². The molecule has 0 spiro atoms. The summed E-state index contributed by atoms with van der Waals surface area (Å²) < 4.78 is 89.8. The zero-order chi connectivity index (χ0) is 30.4. The molecule has 222 valence electrons. The number of benzene rings is 3. The molecule has 1 aliphatic carbocycles. The third kappa shape index (κ3) is 6.11. The van der Waals surface area contributed by atoms with Crippen LogP contribution in [0, 0.1) is 11.6 Å². The molecule has 8 nitrogen and oxygen atoms in total. The predicted molar refractivity (Wildman–Crippen MR) is 161 cm³/mol. The van der Waals surface area contributed by atoms with Crippen LogP contribution >= 0.6 is 0 Å². The quantitative estimate of drug-likeness (QED) is 0.184. The normalized spacial score (nSPS) is 13.7. The summed E-state index contributed by atoms with van der Waals surface area (Å²) in [5.41, 5.74) is 2.64. The number of rotatable bonds is 10. The molecule has 6 rings (SSSR count). The van der Waals surface area contributed by atoms with Gasteiger partial charge in [-0.3, -0.25) is 4.72 Å². The molecule has 0 aliphatic heterocycles. The standard InChI is InChI=1S/C31H27F2N3O5S2/c1-2-42(37,38)35-23-11-13-29(41-30-12-10-22(32)16-27(30)33)26(17-23)25-18-28(21-8-9-21)34-31-24(25)14-15-36(31)43(39,40)19-20-6-4-3-5-7-20/h3-7,10-18,21,35H,2,8-9,19H2,1H3. The van der Waals surface area contributed by atoms with Crippen LogP contribution in [0.15, 0.2) is 85.1 Å². The van der Waals surface area contributed by atoms with Crippen molar-refractivity contribution in [1.82, 2.24) is 8.96 Å². The largest absolute Gasteiger partial charge is 0.454 e. The zero-order valence-corrected chi connectivity index (χ0v) is 24.6. The van der Waals surface area contributed by atoms with Gasteiger partial charge < -0.3 is 4.74 Å². The average Bonchev–Trinajstić information content (AvgIpc) is 3.73. The van der Waals surface area contributed by atoms with E-state index in [4.69, 9.17) is 9.72 Å². The van der Waals surface area contributed by atoms with E-state index >= 15 is 0 Å². The molecule has 0 atom stereocenters. The Kier molecular flexibility index (Phi) is 7.43. The molecular weight excluding hydrogens is 596 g/mol. The lowest BCUT2D eigenvalue weighted by molar-refractivity contribution is 0.439. The number of hydrogen-bond acceptors (Lipinski definition) is 6. The fourth-order valence-electron chi connectivity index (χ4n) is 4.82. The number of nitrogens with one attached hydrogen (secondary N) is 1. The Morgan fingerprint density at radius 1 is 0.907 bits per heavy atom. The van der Waals surface area contributed by atoms with Crippen molar-refractivity contribution < 1.29 is 30.4 Å². The van der Waals surface area contributed by atoms with E-state index in [0.717, 1.165) is 28.9 Å². The first-order valence-electron chi connectivity index (χ1n) is 13.6. The molecule has 1 fully saturated rings. The number of nitrogens with zero attached hydrogens (tertiary/aromatic N) is 2. The minimum Gasteiger partial charge on any atom is -0.454 e. The Morgan fingerprint density at radius 2 is 1.65 bits per heavy atom. The van der Waals surface area contributed by atoms with Gasteiger partial charge in [-0.2, -0.15) is 0 Å². The van der Waals surface area contributed by atoms with Gasteiger partial charge in [0.05, 0.1) is 11.5 Å². The summed E-state index contributed by atoms with van der Waals surface area (Å²) in [5.74, 6) is -2.04. The van der Waals surface area contributed by atoms with Gasteiger partial charge >= 0.3 is 0 Å². The first kappa shape index (κ1) is 28.8. The number of sulfonamides is 1. The van der Waals surface area contributed by atoms with Gasteiger partial charge in [-0.05, 0) is 73.4 Å². The number of ether oxygens (including phenoxy) is 1. The Hall–Kier alpha value is -4.29. The second-order valence-electron chi connectivity index (χ2n) is 10.4. The first-order valence-corrected chi connectivity index (χ1v) is 16.9. The molecule has 0 radical (unpaired) electrons. The number of aromatic nitrogens is 2. The van der Waals surface area contributed by atoms with Crippen LogP contribution in [-0.2, 0) is 25.8 Å². The molecule has 0 saturated heterocycles. The van der Waals surface area contributed by atoms with Crippen LogP contribution in [0.5, 0.6) is 11.5 Å². The Balaban J connectivity index is 1.54. The molecule has 1 aliphatic rings. The second kappa shape index (κ2) is 11.1. The number of hydrogen-bond donors (Lipinski definition) is 1. The maximum absolute atomic E-state index is 14.6. The van der Waals surface area contributed by atoms with E-state index in [1.165, 1.54) is 25.3 Å². The van der Waals surface area contributed by atoms with Gasteiger partial charge in [0.2, 0.25) is 20.0 Å². The lowest BCUT2D eigenvalue weighted by Gasteiger charge is -2.16. The van der Waals surface area contributed by atoms with Crippen molar-refractivity contribution >= 4 is 36.8 Å². The maximum atomic E-state index is 14.6. The van der Waals surface area contributed by atoms with E-state index in [9.17, 15) is 25.6 Å². The molecule has 0 amide bonds. The van der Waals surface area contributed by atoms with Crippen molar-refractivity contribution in [1.29, 1.82) is 0 Å². The Labute approximate surface area is 248 Å². The van der Waals surface area contributed by atoms with Crippen molar-refractivity contribution in [3.05, 3.63) is 108 Å². The van der Waals surface area contributed by atoms with E-state index in [-0.39, 0.29) is 40.3 Å². The monoisotopic (exact) mass is 623 g/mol. The van der Waals surface area contributed by atoms with Crippen molar-refractivity contribution in [2.45, 2.75) is 31.4 Å². The van der Waals surface area contributed by atoms with Gasteiger partial charge in [0, 0.05) is 40.5 Å². The number of halogens is 2. The van der Waals surface area contributed by atoms with E-state index in [2.05, 4.69) is 4.72 Å². The smallest absolute Gasteiger partial charge is 0.244 e. The van der Waals surface area contributed by atoms with Crippen molar-refractivity contribution in [2.75, 3.05) is 10.5 Å². The molecule has 43 heavy (non-hydrogen) atoms. The minimum absolute atomic E-state index is 0.129. The molecule has 3 aromatic carbocycles. The van der Waals surface area contributed by atoms with Crippen LogP contribution < -0.4 is 9.46 Å².